The van der Waals surface area contributed by atoms with Gasteiger partial charge in [-0.05, 0) is 61.7 Å². The second-order valence-electron chi connectivity index (χ2n) is 6.96. The molecule has 2 N–H and O–H groups in total. The first kappa shape index (κ1) is 11.4. The number of nitrogens with zero attached hydrogens (tertiary/aromatic N) is 2. The third-order valence-electron chi connectivity index (χ3n) is 5.44. The van der Waals surface area contributed by atoms with Crippen molar-refractivity contribution in [2.24, 2.45) is 23.2 Å². The first-order valence-corrected chi connectivity index (χ1v) is 7.36. The highest BCUT2D eigenvalue weighted by atomic mass is 16.2. The fourth-order valence-corrected chi connectivity index (χ4v) is 5.18. The van der Waals surface area contributed by atoms with Crippen molar-refractivity contribution in [2.45, 2.75) is 38.5 Å². The summed E-state index contributed by atoms with van der Waals surface area (Å²) in [6, 6.07) is 0. The smallest absolute Gasteiger partial charge is 0.273 e. The van der Waals surface area contributed by atoms with Crippen LogP contribution >= 0.6 is 0 Å². The number of hydrogen-bond donors (Lipinski definition) is 2. The fourth-order valence-electron chi connectivity index (χ4n) is 5.18. The Morgan fingerprint density at radius 1 is 1.26 bits per heavy atom. The molecule has 0 spiro atoms. The average Bonchev–Trinajstić information content (AvgIpc) is 2.88. The molecule has 5 rings (SSSR count). The van der Waals surface area contributed by atoms with Crippen LogP contribution in [0.5, 0.6) is 0 Å². The fraction of sp³-hybridized carbons (Fsp3) is 0.786. The molecular formula is C14H20N4O. The van der Waals surface area contributed by atoms with E-state index in [9.17, 15) is 4.79 Å². The molecule has 0 aliphatic heterocycles. The number of aromatic amines is 1. The lowest BCUT2D eigenvalue weighted by molar-refractivity contribution is -0.0503. The lowest BCUT2D eigenvalue weighted by Crippen LogP contribution is -2.51. The summed E-state index contributed by atoms with van der Waals surface area (Å²) in [5, 5.41) is 13.1. The molecular weight excluding hydrogens is 240 g/mol. The summed E-state index contributed by atoms with van der Waals surface area (Å²) in [7, 11) is 0. The largest absolute Gasteiger partial charge is 0.350 e. The number of carbonyl (C=O) groups excluding carboxylic acids is 1. The Balaban J connectivity index is 1.44. The van der Waals surface area contributed by atoms with Crippen molar-refractivity contribution in [1.29, 1.82) is 0 Å². The minimum Gasteiger partial charge on any atom is -0.350 e. The lowest BCUT2D eigenvalue weighted by Gasteiger charge is -2.56. The Hall–Kier alpha value is -1.39. The van der Waals surface area contributed by atoms with Crippen molar-refractivity contribution in [3.8, 4) is 0 Å². The molecule has 0 radical (unpaired) electrons. The first-order chi connectivity index (χ1) is 9.22. The van der Waals surface area contributed by atoms with Crippen LogP contribution in [-0.2, 0) is 0 Å². The van der Waals surface area contributed by atoms with Crippen LogP contribution in [0.1, 0.15) is 49.0 Å². The highest BCUT2D eigenvalue weighted by molar-refractivity contribution is 5.91. The van der Waals surface area contributed by atoms with Crippen molar-refractivity contribution in [1.82, 2.24) is 20.7 Å². The summed E-state index contributed by atoms with van der Waals surface area (Å²) in [5.74, 6) is 2.69. The topological polar surface area (TPSA) is 70.7 Å². The average molecular weight is 260 g/mol. The molecule has 1 amide bonds. The highest BCUT2D eigenvalue weighted by Gasteiger charge is 2.50. The Morgan fingerprint density at radius 3 is 2.42 bits per heavy atom. The molecule has 1 aromatic rings. The summed E-state index contributed by atoms with van der Waals surface area (Å²) >= 11 is 0. The molecule has 19 heavy (non-hydrogen) atoms. The summed E-state index contributed by atoms with van der Waals surface area (Å²) in [6.07, 6.45) is 9.76. The molecule has 1 aromatic heterocycles. The predicted molar refractivity (Wildman–Crippen MR) is 69.3 cm³/mol. The number of rotatable bonds is 3. The third-order valence-corrected chi connectivity index (χ3v) is 5.44. The molecule has 5 heteroatoms. The van der Waals surface area contributed by atoms with Crippen LogP contribution < -0.4 is 5.32 Å². The Kier molecular flexibility index (Phi) is 2.44. The van der Waals surface area contributed by atoms with Crippen LogP contribution in [0.15, 0.2) is 6.20 Å². The Labute approximate surface area is 112 Å². The van der Waals surface area contributed by atoms with E-state index in [0.29, 0.717) is 11.1 Å². The van der Waals surface area contributed by atoms with Gasteiger partial charge in [0.15, 0.2) is 5.69 Å². The summed E-state index contributed by atoms with van der Waals surface area (Å²) in [6.45, 7) is 0.822. The van der Waals surface area contributed by atoms with Gasteiger partial charge in [0, 0.05) is 6.54 Å². The van der Waals surface area contributed by atoms with Crippen molar-refractivity contribution in [2.75, 3.05) is 6.54 Å². The van der Waals surface area contributed by atoms with Gasteiger partial charge in [-0.1, -0.05) is 0 Å². The Bertz CT molecular complexity index is 446. The highest BCUT2D eigenvalue weighted by Crippen LogP contribution is 2.59. The van der Waals surface area contributed by atoms with Gasteiger partial charge in [-0.25, -0.2) is 0 Å². The van der Waals surface area contributed by atoms with Gasteiger partial charge >= 0.3 is 0 Å². The second-order valence-corrected chi connectivity index (χ2v) is 6.96. The molecule has 0 unspecified atom stereocenters. The summed E-state index contributed by atoms with van der Waals surface area (Å²) in [5.41, 5.74) is 0.776. The van der Waals surface area contributed by atoms with E-state index in [1.807, 2.05) is 0 Å². The zero-order chi connectivity index (χ0) is 12.9. The van der Waals surface area contributed by atoms with Crippen LogP contribution in [-0.4, -0.2) is 27.9 Å². The molecule has 5 nitrogen and oxygen atoms in total. The molecule has 4 saturated carbocycles. The monoisotopic (exact) mass is 260 g/mol. The SMILES string of the molecule is O=C(NCC12CC3CC(CC(C3)C1)C2)c1cn[nH]n1. The maximum Gasteiger partial charge on any atom is 0.273 e. The van der Waals surface area contributed by atoms with E-state index in [2.05, 4.69) is 20.7 Å². The minimum atomic E-state index is -0.0931. The summed E-state index contributed by atoms with van der Waals surface area (Å²) < 4.78 is 0. The minimum absolute atomic E-state index is 0.0931. The van der Waals surface area contributed by atoms with E-state index in [4.69, 9.17) is 0 Å². The zero-order valence-corrected chi connectivity index (χ0v) is 11.1. The van der Waals surface area contributed by atoms with Crippen LogP contribution in [0.4, 0.5) is 0 Å². The number of nitrogens with one attached hydrogen (secondary N) is 2. The number of carbonyl (C=O) groups is 1. The van der Waals surface area contributed by atoms with Crippen molar-refractivity contribution < 1.29 is 4.79 Å². The molecule has 0 atom stereocenters. The third kappa shape index (κ3) is 1.95. The normalized spacial score (nSPS) is 39.5. The zero-order valence-electron chi connectivity index (χ0n) is 11.1. The number of aromatic nitrogens is 3. The van der Waals surface area contributed by atoms with Gasteiger partial charge in [-0.2, -0.15) is 15.4 Å². The molecule has 0 aromatic carbocycles. The van der Waals surface area contributed by atoms with Gasteiger partial charge in [0.1, 0.15) is 0 Å². The van der Waals surface area contributed by atoms with Crippen LogP contribution in [0.2, 0.25) is 0 Å². The van der Waals surface area contributed by atoms with Crippen molar-refractivity contribution >= 4 is 5.91 Å². The van der Waals surface area contributed by atoms with Crippen molar-refractivity contribution in [3.05, 3.63) is 11.9 Å². The number of H-pyrrole nitrogens is 1. The van der Waals surface area contributed by atoms with Gasteiger partial charge in [0.25, 0.3) is 5.91 Å². The van der Waals surface area contributed by atoms with Gasteiger partial charge in [0.2, 0.25) is 0 Å². The lowest BCUT2D eigenvalue weighted by atomic mass is 9.49. The predicted octanol–water partition coefficient (Wildman–Crippen LogP) is 1.75. The molecule has 4 fully saturated rings. The molecule has 0 saturated heterocycles. The van der Waals surface area contributed by atoms with E-state index in [0.717, 1.165) is 24.3 Å². The summed E-state index contributed by atoms with van der Waals surface area (Å²) in [4.78, 5) is 12.0. The molecule has 1 heterocycles. The van der Waals surface area contributed by atoms with Gasteiger partial charge < -0.3 is 5.32 Å². The molecule has 4 aliphatic rings. The Morgan fingerprint density at radius 2 is 1.89 bits per heavy atom. The van der Waals surface area contributed by atoms with Gasteiger partial charge in [-0.15, -0.1) is 0 Å². The first-order valence-electron chi connectivity index (χ1n) is 7.36. The quantitative estimate of drug-likeness (QED) is 0.869. The molecule has 4 bridgehead atoms. The van der Waals surface area contributed by atoms with Gasteiger partial charge in [-0.3, -0.25) is 4.79 Å². The maximum atomic E-state index is 12.0. The van der Waals surface area contributed by atoms with Gasteiger partial charge in [0.05, 0.1) is 6.20 Å². The van der Waals surface area contributed by atoms with E-state index in [1.165, 1.54) is 44.7 Å². The van der Waals surface area contributed by atoms with E-state index in [-0.39, 0.29) is 5.91 Å². The van der Waals surface area contributed by atoms with Crippen molar-refractivity contribution in [3.63, 3.8) is 0 Å². The standard InChI is InChI=1S/C14H20N4O/c19-13(12-7-16-18-17-12)15-8-14-4-9-1-10(5-14)3-11(2-9)6-14/h7,9-11H,1-6,8H2,(H,15,19)(H,16,17,18). The number of hydrogen-bond acceptors (Lipinski definition) is 3. The second kappa shape index (κ2) is 4.05. The van der Waals surface area contributed by atoms with Crippen LogP contribution in [0.3, 0.4) is 0 Å². The van der Waals surface area contributed by atoms with Crippen LogP contribution in [0, 0.1) is 23.2 Å². The number of amides is 1. The molecule has 4 aliphatic carbocycles. The van der Waals surface area contributed by atoms with E-state index in [1.54, 1.807) is 0 Å². The molecule has 102 valence electrons. The van der Waals surface area contributed by atoms with Crippen LogP contribution in [0.25, 0.3) is 0 Å². The van der Waals surface area contributed by atoms with E-state index >= 15 is 0 Å². The van der Waals surface area contributed by atoms with E-state index < -0.39 is 0 Å². The maximum absolute atomic E-state index is 12.0.